The Balaban J connectivity index is 1.67. The van der Waals surface area contributed by atoms with E-state index in [9.17, 15) is 0 Å². The van der Waals surface area contributed by atoms with Gasteiger partial charge in [0, 0.05) is 10.8 Å². The lowest BCUT2D eigenvalue weighted by molar-refractivity contribution is 0.975. The third kappa shape index (κ3) is 2.28. The molecule has 1 aliphatic rings. The number of fused-ring (bicyclic) bond motifs is 2. The summed E-state index contributed by atoms with van der Waals surface area (Å²) < 4.78 is 0. The molecule has 0 spiro atoms. The summed E-state index contributed by atoms with van der Waals surface area (Å²) in [5.74, 6) is 0.498. The van der Waals surface area contributed by atoms with Gasteiger partial charge < -0.3 is 0 Å². The summed E-state index contributed by atoms with van der Waals surface area (Å²) in [6, 6.07) is 24.0. The zero-order valence-corrected chi connectivity index (χ0v) is 12.7. The molecule has 1 aliphatic carbocycles. The molecular weight excluding hydrogens is 272 g/mol. The van der Waals surface area contributed by atoms with Crippen LogP contribution >= 0.6 is 11.8 Å². The second kappa shape index (κ2) is 5.09. The number of hydrogen-bond donors (Lipinski definition) is 0. The van der Waals surface area contributed by atoms with Crippen LogP contribution in [-0.2, 0) is 0 Å². The molecule has 0 amide bonds. The van der Waals surface area contributed by atoms with E-state index < -0.39 is 0 Å². The van der Waals surface area contributed by atoms with Gasteiger partial charge in [-0.25, -0.2) is 0 Å². The lowest BCUT2D eigenvalue weighted by atomic mass is 10.0. The van der Waals surface area contributed by atoms with Crippen LogP contribution in [0.3, 0.4) is 0 Å². The highest BCUT2D eigenvalue weighted by atomic mass is 32.2. The summed E-state index contributed by atoms with van der Waals surface area (Å²) in [7, 11) is 0. The molecule has 0 saturated carbocycles. The van der Waals surface area contributed by atoms with Gasteiger partial charge >= 0.3 is 0 Å². The molecular formula is C20H16S. The van der Waals surface area contributed by atoms with Crippen molar-refractivity contribution in [3.8, 4) is 0 Å². The molecule has 4 rings (SSSR count). The fraction of sp³-hybridized carbons (Fsp3) is 0.100. The predicted octanol–water partition coefficient (Wildman–Crippen LogP) is 6.09. The van der Waals surface area contributed by atoms with Crippen LogP contribution in [0.15, 0.2) is 76.5 Å². The van der Waals surface area contributed by atoms with E-state index in [4.69, 9.17) is 0 Å². The van der Waals surface area contributed by atoms with Crippen LogP contribution in [0.4, 0.5) is 0 Å². The van der Waals surface area contributed by atoms with Gasteiger partial charge in [0.25, 0.3) is 0 Å². The van der Waals surface area contributed by atoms with Gasteiger partial charge in [0.05, 0.1) is 0 Å². The van der Waals surface area contributed by atoms with Gasteiger partial charge in [0.2, 0.25) is 0 Å². The van der Waals surface area contributed by atoms with Crippen LogP contribution in [0.25, 0.3) is 16.8 Å². The zero-order valence-electron chi connectivity index (χ0n) is 11.9. The Labute approximate surface area is 129 Å². The number of hydrogen-bond acceptors (Lipinski definition) is 1. The van der Waals surface area contributed by atoms with Gasteiger partial charge in [-0.2, -0.15) is 0 Å². The first-order valence-corrected chi connectivity index (χ1v) is 8.10. The summed E-state index contributed by atoms with van der Waals surface area (Å²) in [5, 5.41) is 2.62. The molecule has 0 N–H and O–H groups in total. The predicted molar refractivity (Wildman–Crippen MR) is 92.6 cm³/mol. The fourth-order valence-corrected chi connectivity index (χ4v) is 4.04. The molecule has 0 aliphatic heterocycles. The monoisotopic (exact) mass is 288 g/mol. The highest BCUT2D eigenvalue weighted by Crippen LogP contribution is 2.44. The molecule has 0 nitrogen and oxygen atoms in total. The van der Waals surface area contributed by atoms with Crippen LogP contribution in [0.1, 0.15) is 24.0 Å². The average Bonchev–Trinajstić information content (AvgIpc) is 2.84. The van der Waals surface area contributed by atoms with Crippen molar-refractivity contribution in [3.63, 3.8) is 0 Å². The van der Waals surface area contributed by atoms with Gasteiger partial charge in [-0.3, -0.25) is 0 Å². The molecule has 21 heavy (non-hydrogen) atoms. The molecule has 0 saturated heterocycles. The van der Waals surface area contributed by atoms with Gasteiger partial charge in [-0.1, -0.05) is 73.3 Å². The van der Waals surface area contributed by atoms with Crippen molar-refractivity contribution in [2.24, 2.45) is 0 Å². The standard InChI is InChI=1S/C20H16S/c1-14-19-9-5-4-8-17(19)13-20(14)21-18-11-10-15-6-2-3-7-16(15)12-18/h2-14H,1H3. The molecule has 3 aromatic carbocycles. The molecule has 1 heteroatoms. The number of allylic oxidation sites excluding steroid dienone is 1. The van der Waals surface area contributed by atoms with Crippen molar-refractivity contribution in [1.29, 1.82) is 0 Å². The largest absolute Gasteiger partial charge is 0.0939 e. The Morgan fingerprint density at radius 2 is 1.57 bits per heavy atom. The Hall–Kier alpha value is -1.99. The van der Waals surface area contributed by atoms with E-state index in [-0.39, 0.29) is 0 Å². The van der Waals surface area contributed by atoms with Crippen molar-refractivity contribution < 1.29 is 0 Å². The van der Waals surface area contributed by atoms with Gasteiger partial charge in [0.1, 0.15) is 0 Å². The minimum atomic E-state index is 0.498. The molecule has 1 atom stereocenters. The first-order chi connectivity index (χ1) is 10.3. The minimum Gasteiger partial charge on any atom is -0.0939 e. The first kappa shape index (κ1) is 12.7. The lowest BCUT2D eigenvalue weighted by Gasteiger charge is -2.11. The van der Waals surface area contributed by atoms with E-state index in [2.05, 4.69) is 79.7 Å². The maximum absolute atomic E-state index is 2.33. The normalized spacial score (nSPS) is 16.8. The molecule has 0 aromatic heterocycles. The summed E-state index contributed by atoms with van der Waals surface area (Å²) in [6.07, 6.45) is 2.33. The molecule has 3 aromatic rings. The van der Waals surface area contributed by atoms with E-state index in [1.54, 1.807) is 0 Å². The number of rotatable bonds is 2. The topological polar surface area (TPSA) is 0 Å². The van der Waals surface area contributed by atoms with Crippen LogP contribution in [-0.4, -0.2) is 0 Å². The average molecular weight is 288 g/mol. The van der Waals surface area contributed by atoms with Crippen LogP contribution < -0.4 is 0 Å². The molecule has 0 fully saturated rings. The van der Waals surface area contributed by atoms with Crippen molar-refractivity contribution >= 4 is 28.6 Å². The highest BCUT2D eigenvalue weighted by molar-refractivity contribution is 8.03. The van der Waals surface area contributed by atoms with Gasteiger partial charge in [0.15, 0.2) is 0 Å². The second-order valence-corrected chi connectivity index (χ2v) is 6.66. The van der Waals surface area contributed by atoms with Crippen LogP contribution in [0, 0.1) is 0 Å². The van der Waals surface area contributed by atoms with Gasteiger partial charge in [-0.05, 0) is 45.0 Å². The Morgan fingerprint density at radius 3 is 2.43 bits per heavy atom. The number of benzene rings is 3. The Morgan fingerprint density at radius 1 is 0.810 bits per heavy atom. The Bertz CT molecular complexity index is 845. The van der Waals surface area contributed by atoms with E-state index in [0.717, 1.165) is 0 Å². The second-order valence-electron chi connectivity index (χ2n) is 5.51. The van der Waals surface area contributed by atoms with Gasteiger partial charge in [-0.15, -0.1) is 0 Å². The first-order valence-electron chi connectivity index (χ1n) is 7.28. The quantitative estimate of drug-likeness (QED) is 0.550. The van der Waals surface area contributed by atoms with E-state index in [0.29, 0.717) is 5.92 Å². The summed E-state index contributed by atoms with van der Waals surface area (Å²) in [6.45, 7) is 2.30. The van der Waals surface area contributed by atoms with Crippen molar-refractivity contribution in [3.05, 3.63) is 82.8 Å². The maximum atomic E-state index is 2.33. The molecule has 0 heterocycles. The maximum Gasteiger partial charge on any atom is 0.0131 e. The van der Waals surface area contributed by atoms with E-state index in [1.807, 2.05) is 11.8 Å². The van der Waals surface area contributed by atoms with Crippen molar-refractivity contribution in [2.45, 2.75) is 17.7 Å². The fourth-order valence-electron chi connectivity index (χ4n) is 2.95. The van der Waals surface area contributed by atoms with E-state index in [1.165, 1.54) is 31.7 Å². The Kier molecular flexibility index (Phi) is 3.08. The zero-order chi connectivity index (χ0) is 14.2. The molecule has 102 valence electrons. The smallest absolute Gasteiger partial charge is 0.0131 e. The van der Waals surface area contributed by atoms with Crippen molar-refractivity contribution in [1.82, 2.24) is 0 Å². The van der Waals surface area contributed by atoms with Crippen molar-refractivity contribution in [2.75, 3.05) is 0 Å². The SMILES string of the molecule is CC1C(Sc2ccc3ccccc3c2)=Cc2ccccc21. The lowest BCUT2D eigenvalue weighted by Crippen LogP contribution is -1.90. The minimum absolute atomic E-state index is 0.498. The summed E-state index contributed by atoms with van der Waals surface area (Å²) >= 11 is 1.89. The number of thioether (sulfide) groups is 1. The summed E-state index contributed by atoms with van der Waals surface area (Å²) in [4.78, 5) is 2.76. The highest BCUT2D eigenvalue weighted by Gasteiger charge is 2.21. The molecule has 0 bridgehead atoms. The van der Waals surface area contributed by atoms with Crippen LogP contribution in [0.5, 0.6) is 0 Å². The summed E-state index contributed by atoms with van der Waals surface area (Å²) in [5.41, 5.74) is 2.81. The van der Waals surface area contributed by atoms with E-state index >= 15 is 0 Å². The molecule has 0 radical (unpaired) electrons. The third-order valence-electron chi connectivity index (χ3n) is 4.14. The van der Waals surface area contributed by atoms with Crippen LogP contribution in [0.2, 0.25) is 0 Å². The molecule has 1 unspecified atom stereocenters. The third-order valence-corrected chi connectivity index (χ3v) is 5.34.